The smallest absolute Gasteiger partial charge is 0.414 e. The summed E-state index contributed by atoms with van der Waals surface area (Å²) in [5, 5.41) is 10.5. The van der Waals surface area contributed by atoms with E-state index in [0.717, 1.165) is 0 Å². The summed E-state index contributed by atoms with van der Waals surface area (Å²) in [6.45, 7) is 5.50. The van der Waals surface area contributed by atoms with Gasteiger partial charge in [0.05, 0.1) is 0 Å². The summed E-state index contributed by atoms with van der Waals surface area (Å²) in [5.41, 5.74) is -0.496. The summed E-state index contributed by atoms with van der Waals surface area (Å²) in [7, 11) is 0. The summed E-state index contributed by atoms with van der Waals surface area (Å²) < 4.78 is 4.99. The molecular weight excluding hydrogens is 158 g/mol. The molecule has 0 aromatic rings. The van der Waals surface area contributed by atoms with Crippen LogP contribution in [0.2, 0.25) is 0 Å². The predicted molar refractivity (Wildman–Crippen MR) is 41.0 cm³/mol. The normalized spacial score (nSPS) is 16.6. The van der Waals surface area contributed by atoms with Crippen LogP contribution in [0, 0.1) is 0 Å². The van der Waals surface area contributed by atoms with Crippen LogP contribution in [-0.2, 0) is 4.74 Å². The Hall–Kier alpha value is -1.19. The third-order valence-corrected chi connectivity index (χ3v) is 1.25. The minimum absolute atomic E-state index is 0.0409. The second kappa shape index (κ2) is 2.69. The van der Waals surface area contributed by atoms with Crippen LogP contribution in [0.5, 0.6) is 0 Å². The van der Waals surface area contributed by atoms with E-state index in [1.165, 1.54) is 11.1 Å². The molecule has 4 nitrogen and oxygen atoms in total. The van der Waals surface area contributed by atoms with Crippen LogP contribution in [-0.4, -0.2) is 23.1 Å². The van der Waals surface area contributed by atoms with Crippen molar-refractivity contribution in [2.75, 3.05) is 6.54 Å². The van der Waals surface area contributed by atoms with Crippen molar-refractivity contribution in [3.8, 4) is 0 Å². The third kappa shape index (κ3) is 2.15. The summed E-state index contributed by atoms with van der Waals surface area (Å²) >= 11 is 0. The molecule has 1 amide bonds. The van der Waals surface area contributed by atoms with Gasteiger partial charge in [-0.3, -0.25) is 4.90 Å². The second-order valence-electron chi connectivity index (χ2n) is 3.70. The van der Waals surface area contributed by atoms with Gasteiger partial charge in [0.1, 0.15) is 5.60 Å². The fourth-order valence-electron chi connectivity index (χ4n) is 0.754. The lowest BCUT2D eigenvalue weighted by Crippen LogP contribution is -2.42. The average molecular weight is 170 g/mol. The maximum atomic E-state index is 11.1. The van der Waals surface area contributed by atoms with E-state index in [1.807, 2.05) is 0 Å². The topological polar surface area (TPSA) is 52.6 Å². The van der Waals surface area contributed by atoms with Crippen LogP contribution in [0.4, 0.5) is 4.79 Å². The standard InChI is InChI=1S/C8H13NO3/c1-8(2,3)12-7(11)9-4-6(10)5-9/h4,10H,5H2,1-3H3/p-1. The van der Waals surface area contributed by atoms with Gasteiger partial charge < -0.3 is 9.84 Å². The number of hydrogen-bond acceptors (Lipinski definition) is 3. The average Bonchev–Trinajstić information content (AvgIpc) is 1.76. The number of carbonyl (C=O) groups is 1. The van der Waals surface area contributed by atoms with Gasteiger partial charge in [-0.05, 0) is 20.8 Å². The van der Waals surface area contributed by atoms with Crippen molar-refractivity contribution in [1.29, 1.82) is 0 Å². The van der Waals surface area contributed by atoms with E-state index in [4.69, 9.17) is 4.74 Å². The Morgan fingerprint density at radius 2 is 2.17 bits per heavy atom. The maximum absolute atomic E-state index is 11.1. The lowest BCUT2D eigenvalue weighted by Gasteiger charge is -2.34. The molecule has 0 fully saturated rings. The molecule has 12 heavy (non-hydrogen) atoms. The first-order chi connectivity index (χ1) is 5.38. The van der Waals surface area contributed by atoms with Gasteiger partial charge in [-0.15, -0.1) is 0 Å². The van der Waals surface area contributed by atoms with E-state index >= 15 is 0 Å². The van der Waals surface area contributed by atoms with Crippen LogP contribution < -0.4 is 5.11 Å². The number of rotatable bonds is 0. The van der Waals surface area contributed by atoms with E-state index in [2.05, 4.69) is 0 Å². The van der Waals surface area contributed by atoms with Gasteiger partial charge in [-0.25, -0.2) is 4.79 Å². The van der Waals surface area contributed by atoms with Gasteiger partial charge in [0.25, 0.3) is 0 Å². The van der Waals surface area contributed by atoms with Gasteiger partial charge in [-0.1, -0.05) is 5.76 Å². The number of nitrogens with zero attached hydrogens (tertiary/aromatic N) is 1. The van der Waals surface area contributed by atoms with E-state index in [-0.39, 0.29) is 12.3 Å². The fraction of sp³-hybridized carbons (Fsp3) is 0.625. The van der Waals surface area contributed by atoms with Crippen LogP contribution in [0.15, 0.2) is 12.0 Å². The zero-order valence-corrected chi connectivity index (χ0v) is 7.46. The molecule has 0 aromatic heterocycles. The second-order valence-corrected chi connectivity index (χ2v) is 3.70. The van der Waals surface area contributed by atoms with Crippen molar-refractivity contribution in [1.82, 2.24) is 4.90 Å². The highest BCUT2D eigenvalue weighted by Gasteiger charge is 2.23. The zero-order valence-electron chi connectivity index (χ0n) is 7.46. The van der Waals surface area contributed by atoms with Gasteiger partial charge in [0.15, 0.2) is 0 Å². The molecule has 1 aliphatic heterocycles. The molecule has 0 radical (unpaired) electrons. The largest absolute Gasteiger partial charge is 0.873 e. The highest BCUT2D eigenvalue weighted by molar-refractivity contribution is 5.71. The summed E-state index contributed by atoms with van der Waals surface area (Å²) in [4.78, 5) is 12.4. The molecule has 1 heterocycles. The lowest BCUT2D eigenvalue weighted by molar-refractivity contribution is -0.315. The molecule has 0 atom stereocenters. The molecule has 0 aromatic carbocycles. The van der Waals surface area contributed by atoms with E-state index in [0.29, 0.717) is 0 Å². The van der Waals surface area contributed by atoms with Gasteiger partial charge in [0, 0.05) is 12.7 Å². The van der Waals surface area contributed by atoms with Crippen molar-refractivity contribution in [3.63, 3.8) is 0 Å². The molecule has 0 bridgehead atoms. The fourth-order valence-corrected chi connectivity index (χ4v) is 0.754. The molecule has 68 valence electrons. The predicted octanol–water partition coefficient (Wildman–Crippen LogP) is 0.439. The van der Waals surface area contributed by atoms with E-state index in [1.54, 1.807) is 20.8 Å². The number of hydrogen-bond donors (Lipinski definition) is 0. The lowest BCUT2D eigenvalue weighted by atomic mass is 10.2. The van der Waals surface area contributed by atoms with Gasteiger partial charge >= 0.3 is 6.09 Å². The van der Waals surface area contributed by atoms with Crippen molar-refractivity contribution in [2.24, 2.45) is 0 Å². The SMILES string of the molecule is CC(C)(C)OC(=O)N1C=C([O-])C1. The Morgan fingerprint density at radius 1 is 1.67 bits per heavy atom. The van der Waals surface area contributed by atoms with Crippen LogP contribution in [0.1, 0.15) is 20.8 Å². The first-order valence-corrected chi connectivity index (χ1v) is 3.76. The van der Waals surface area contributed by atoms with Crippen LogP contribution in [0.25, 0.3) is 0 Å². The van der Waals surface area contributed by atoms with Crippen molar-refractivity contribution in [3.05, 3.63) is 12.0 Å². The van der Waals surface area contributed by atoms with Crippen LogP contribution >= 0.6 is 0 Å². The minimum atomic E-state index is -0.496. The van der Waals surface area contributed by atoms with Gasteiger partial charge in [0.2, 0.25) is 0 Å². The summed E-state index contributed by atoms with van der Waals surface area (Å²) in [6, 6.07) is 0. The van der Waals surface area contributed by atoms with E-state index < -0.39 is 11.7 Å². The highest BCUT2D eigenvalue weighted by Crippen LogP contribution is 2.14. The molecule has 4 heteroatoms. The zero-order chi connectivity index (χ0) is 9.35. The van der Waals surface area contributed by atoms with Crippen molar-refractivity contribution < 1.29 is 14.6 Å². The Morgan fingerprint density at radius 3 is 2.50 bits per heavy atom. The molecule has 0 saturated heterocycles. The molecule has 0 N–H and O–H groups in total. The molecule has 0 unspecified atom stereocenters. The van der Waals surface area contributed by atoms with Crippen molar-refractivity contribution >= 4 is 6.09 Å². The number of amides is 1. The quantitative estimate of drug-likeness (QED) is 0.530. The molecule has 1 aliphatic rings. The van der Waals surface area contributed by atoms with Crippen molar-refractivity contribution in [2.45, 2.75) is 26.4 Å². The summed E-state index contributed by atoms with van der Waals surface area (Å²) in [5.74, 6) is -0.0409. The Kier molecular flexibility index (Phi) is 2.00. The Labute approximate surface area is 71.4 Å². The molecule has 0 spiro atoms. The number of carbonyl (C=O) groups excluding carboxylic acids is 1. The Balaban J connectivity index is 2.41. The molecule has 0 saturated carbocycles. The van der Waals surface area contributed by atoms with Crippen LogP contribution in [0.3, 0.4) is 0 Å². The van der Waals surface area contributed by atoms with E-state index in [9.17, 15) is 9.90 Å². The molecular formula is C8H12NO3-. The minimum Gasteiger partial charge on any atom is -0.873 e. The third-order valence-electron chi connectivity index (χ3n) is 1.25. The highest BCUT2D eigenvalue weighted by atomic mass is 16.6. The van der Waals surface area contributed by atoms with Gasteiger partial charge in [-0.2, -0.15) is 0 Å². The first-order valence-electron chi connectivity index (χ1n) is 3.76. The molecule has 1 rings (SSSR count). The molecule has 0 aliphatic carbocycles. The first kappa shape index (κ1) is 8.90. The monoisotopic (exact) mass is 170 g/mol. The summed E-state index contributed by atoms with van der Waals surface area (Å²) in [6.07, 6.45) is 0.788. The number of ether oxygens (including phenoxy) is 1. The Bertz CT molecular complexity index is 227. The maximum Gasteiger partial charge on any atom is 0.414 e.